The van der Waals surface area contributed by atoms with Gasteiger partial charge in [0.1, 0.15) is 6.04 Å². The van der Waals surface area contributed by atoms with E-state index in [2.05, 4.69) is 10.0 Å². The highest BCUT2D eigenvalue weighted by atomic mass is 16.1. The zero-order chi connectivity index (χ0) is 6.57. The Morgan fingerprint density at radius 2 is 2.50 bits per heavy atom. The summed E-state index contributed by atoms with van der Waals surface area (Å²) in [6.45, 7) is 1.43. The molecular weight excluding hydrogens is 108 g/mol. The Kier molecular flexibility index (Phi) is 2.43. The van der Waals surface area contributed by atoms with Gasteiger partial charge in [-0.15, -0.1) is 0 Å². The van der Waals surface area contributed by atoms with Crippen LogP contribution in [0.5, 0.6) is 0 Å². The molecule has 0 spiro atoms. The van der Waals surface area contributed by atoms with E-state index in [9.17, 15) is 4.79 Å². The Morgan fingerprint density at radius 3 is 2.62 bits per heavy atom. The van der Waals surface area contributed by atoms with Crippen molar-refractivity contribution in [2.45, 2.75) is 13.0 Å². The Balaban J connectivity index is 3.82. The Labute approximate surface area is 46.1 Å². The largest absolute Gasteiger partial charge is 0.369 e. The van der Waals surface area contributed by atoms with E-state index in [1.165, 1.54) is 6.92 Å². The molecule has 0 radical (unpaired) electrons. The zero-order valence-corrected chi connectivity index (χ0v) is 4.40. The van der Waals surface area contributed by atoms with Gasteiger partial charge in [0.2, 0.25) is 5.91 Å². The fourth-order valence-corrected chi connectivity index (χ4v) is 0.134. The fraction of sp³-hybridized carbons (Fsp3) is 0.667. The summed E-state index contributed by atoms with van der Waals surface area (Å²) in [5.74, 6) is -0.609. The molecule has 0 aromatic rings. The van der Waals surface area contributed by atoms with Crippen LogP contribution < -0.4 is 5.73 Å². The van der Waals surface area contributed by atoms with Gasteiger partial charge in [-0.1, -0.05) is 5.11 Å². The van der Waals surface area contributed by atoms with Crippen molar-refractivity contribution in [3.8, 4) is 0 Å². The van der Waals surface area contributed by atoms with Crippen LogP contribution in [-0.4, -0.2) is 11.9 Å². The van der Waals surface area contributed by atoms with Gasteiger partial charge in [0.15, 0.2) is 0 Å². The van der Waals surface area contributed by atoms with E-state index < -0.39 is 11.9 Å². The van der Waals surface area contributed by atoms with Crippen LogP contribution in [0.3, 0.4) is 0 Å². The number of azide groups is 1. The lowest BCUT2D eigenvalue weighted by molar-refractivity contribution is -0.118. The van der Waals surface area contributed by atoms with Crippen molar-refractivity contribution in [3.63, 3.8) is 0 Å². The van der Waals surface area contributed by atoms with Crippen molar-refractivity contribution in [1.29, 1.82) is 0 Å². The Bertz CT molecular complexity index is 134. The third-order valence-electron chi connectivity index (χ3n) is 0.637. The van der Waals surface area contributed by atoms with Gasteiger partial charge in [0, 0.05) is 4.91 Å². The summed E-state index contributed by atoms with van der Waals surface area (Å²) in [5, 5.41) is 3.03. The van der Waals surface area contributed by atoms with Gasteiger partial charge in [0.05, 0.1) is 0 Å². The monoisotopic (exact) mass is 114 g/mol. The Morgan fingerprint density at radius 1 is 2.00 bits per heavy atom. The van der Waals surface area contributed by atoms with E-state index in [4.69, 9.17) is 11.3 Å². The summed E-state index contributed by atoms with van der Waals surface area (Å²) in [5.41, 5.74) is 12.5. The summed E-state index contributed by atoms with van der Waals surface area (Å²) in [6.07, 6.45) is 0. The standard InChI is InChI=1S/C3H6N4O/c1-2(3(4)8)6-7-5/h2H,1H3,(H2,4,8). The molecule has 1 unspecified atom stereocenters. The first kappa shape index (κ1) is 6.78. The lowest BCUT2D eigenvalue weighted by atomic mass is 10.4. The molecule has 0 aromatic carbocycles. The topological polar surface area (TPSA) is 91.8 Å². The van der Waals surface area contributed by atoms with Crippen molar-refractivity contribution in [1.82, 2.24) is 0 Å². The number of carbonyl (C=O) groups is 1. The molecule has 5 heteroatoms. The first-order chi connectivity index (χ1) is 3.68. The SMILES string of the molecule is CC(N=[N+]=[N-])C(N)=O. The van der Waals surface area contributed by atoms with Crippen LogP contribution in [0.4, 0.5) is 0 Å². The van der Waals surface area contributed by atoms with Crippen LogP contribution in [-0.2, 0) is 4.79 Å². The third kappa shape index (κ3) is 2.04. The molecule has 2 N–H and O–H groups in total. The highest BCUT2D eigenvalue weighted by Crippen LogP contribution is 1.84. The van der Waals surface area contributed by atoms with Crippen LogP contribution in [0.25, 0.3) is 10.4 Å². The summed E-state index contributed by atoms with van der Waals surface area (Å²) < 4.78 is 0. The van der Waals surface area contributed by atoms with Crippen molar-refractivity contribution in [2.75, 3.05) is 0 Å². The van der Waals surface area contributed by atoms with E-state index in [1.807, 2.05) is 0 Å². The third-order valence-corrected chi connectivity index (χ3v) is 0.637. The van der Waals surface area contributed by atoms with E-state index in [-0.39, 0.29) is 0 Å². The van der Waals surface area contributed by atoms with E-state index >= 15 is 0 Å². The highest BCUT2D eigenvalue weighted by molar-refractivity contribution is 5.79. The predicted molar refractivity (Wildman–Crippen MR) is 27.8 cm³/mol. The van der Waals surface area contributed by atoms with Gasteiger partial charge < -0.3 is 5.73 Å². The van der Waals surface area contributed by atoms with Crippen LogP contribution in [0.2, 0.25) is 0 Å². The maximum atomic E-state index is 10.0. The molecule has 0 aliphatic carbocycles. The van der Waals surface area contributed by atoms with E-state index in [0.29, 0.717) is 0 Å². The zero-order valence-electron chi connectivity index (χ0n) is 4.40. The molecule has 0 fully saturated rings. The average molecular weight is 114 g/mol. The van der Waals surface area contributed by atoms with Crippen molar-refractivity contribution in [3.05, 3.63) is 10.4 Å². The molecule has 8 heavy (non-hydrogen) atoms. The van der Waals surface area contributed by atoms with Crippen molar-refractivity contribution in [2.24, 2.45) is 10.8 Å². The number of rotatable bonds is 2. The predicted octanol–water partition coefficient (Wildman–Crippen LogP) is 0.170. The second kappa shape index (κ2) is 2.87. The molecule has 0 saturated heterocycles. The maximum absolute atomic E-state index is 10.0. The minimum atomic E-state index is -0.736. The van der Waals surface area contributed by atoms with Gasteiger partial charge in [-0.2, -0.15) is 0 Å². The number of amides is 1. The van der Waals surface area contributed by atoms with Crippen LogP contribution in [0.1, 0.15) is 6.92 Å². The maximum Gasteiger partial charge on any atom is 0.226 e. The number of nitrogens with two attached hydrogens (primary N) is 1. The molecular formula is C3H6N4O. The second-order valence-electron chi connectivity index (χ2n) is 1.28. The summed E-state index contributed by atoms with van der Waals surface area (Å²) >= 11 is 0. The Hall–Kier alpha value is -1.22. The number of hydrogen-bond acceptors (Lipinski definition) is 2. The van der Waals surface area contributed by atoms with Crippen molar-refractivity contribution < 1.29 is 4.79 Å². The number of carbonyl (C=O) groups excluding carboxylic acids is 1. The lowest BCUT2D eigenvalue weighted by Gasteiger charge is -1.91. The van der Waals surface area contributed by atoms with Crippen LogP contribution in [0, 0.1) is 0 Å². The number of hydrogen-bond donors (Lipinski definition) is 1. The molecule has 1 atom stereocenters. The number of primary amides is 1. The lowest BCUT2D eigenvalue weighted by Crippen LogP contribution is -2.22. The second-order valence-corrected chi connectivity index (χ2v) is 1.28. The molecule has 1 amide bonds. The fourth-order valence-electron chi connectivity index (χ4n) is 0.134. The van der Waals surface area contributed by atoms with Crippen LogP contribution in [0.15, 0.2) is 5.11 Å². The van der Waals surface area contributed by atoms with Crippen molar-refractivity contribution >= 4 is 5.91 Å². The summed E-state index contributed by atoms with van der Waals surface area (Å²) in [4.78, 5) is 12.4. The highest BCUT2D eigenvalue weighted by Gasteiger charge is 2.02. The molecule has 0 aromatic heterocycles. The number of nitrogens with zero attached hydrogens (tertiary/aromatic N) is 3. The minimum absolute atomic E-state index is 0.609. The molecule has 0 rings (SSSR count). The quantitative estimate of drug-likeness (QED) is 0.309. The van der Waals surface area contributed by atoms with Gasteiger partial charge in [-0.05, 0) is 12.5 Å². The normalized spacial score (nSPS) is 11.6. The smallest absolute Gasteiger partial charge is 0.226 e. The molecule has 0 aliphatic rings. The average Bonchev–Trinajstić information content (AvgIpc) is 1.67. The molecule has 5 nitrogen and oxygen atoms in total. The molecule has 0 bridgehead atoms. The van der Waals surface area contributed by atoms with Gasteiger partial charge >= 0.3 is 0 Å². The van der Waals surface area contributed by atoms with E-state index in [0.717, 1.165) is 0 Å². The van der Waals surface area contributed by atoms with Gasteiger partial charge in [-0.25, -0.2) is 0 Å². The molecule has 0 aliphatic heterocycles. The van der Waals surface area contributed by atoms with E-state index in [1.54, 1.807) is 0 Å². The minimum Gasteiger partial charge on any atom is -0.369 e. The summed E-state index contributed by atoms with van der Waals surface area (Å²) in [7, 11) is 0. The first-order valence-electron chi connectivity index (χ1n) is 2.02. The summed E-state index contributed by atoms with van der Waals surface area (Å²) in [6, 6.07) is -0.736. The molecule has 0 heterocycles. The molecule has 44 valence electrons. The first-order valence-corrected chi connectivity index (χ1v) is 2.02. The van der Waals surface area contributed by atoms with Gasteiger partial charge in [0.25, 0.3) is 0 Å². The van der Waals surface area contributed by atoms with Gasteiger partial charge in [-0.3, -0.25) is 4.79 Å². The molecule has 0 saturated carbocycles. The van der Waals surface area contributed by atoms with Crippen LogP contribution >= 0.6 is 0 Å².